The van der Waals surface area contributed by atoms with E-state index in [1.165, 1.54) is 83.1 Å². The van der Waals surface area contributed by atoms with E-state index in [0.717, 1.165) is 72.4 Å². The highest BCUT2D eigenvalue weighted by Crippen LogP contribution is 2.56. The summed E-state index contributed by atoms with van der Waals surface area (Å²) in [5.41, 5.74) is 21.8. The molecule has 0 radical (unpaired) electrons. The van der Waals surface area contributed by atoms with E-state index in [9.17, 15) is 0 Å². The summed E-state index contributed by atoms with van der Waals surface area (Å²) in [5.74, 6) is 0. The molecule has 0 N–H and O–H groups in total. The van der Waals surface area contributed by atoms with Crippen molar-refractivity contribution in [2.24, 2.45) is 0 Å². The Labute approximate surface area is 452 Å². The third-order valence-corrected chi connectivity index (χ3v) is 18.9. The average Bonchev–Trinajstić information content (AvgIpc) is 4.26. The number of anilines is 5. The molecule has 76 heavy (non-hydrogen) atoms. The SMILES string of the molecule is CC(C)(C)c1ccc(N2B3c4oc5ccc(C(C)(C)C)cc5c4N(c4ccc(C(C)(C)C)cc4-c4ccccc4)c4c3c(cc3c4oc4ccccc43)-c3cc4c(cc32)sc2cc3c(cc24)C(C)(C)CCC3(C)C)cc1. The normalized spacial score (nSPS) is 16.0. The van der Waals surface area contributed by atoms with Gasteiger partial charge in [0.25, 0.3) is 0 Å². The van der Waals surface area contributed by atoms with Crippen molar-refractivity contribution in [3.8, 4) is 22.3 Å². The molecule has 5 heterocycles. The van der Waals surface area contributed by atoms with Crippen molar-refractivity contribution in [3.05, 3.63) is 173 Å². The van der Waals surface area contributed by atoms with Crippen molar-refractivity contribution in [2.45, 2.75) is 130 Å². The van der Waals surface area contributed by atoms with Crippen LogP contribution in [0.4, 0.5) is 28.4 Å². The summed E-state index contributed by atoms with van der Waals surface area (Å²) >= 11 is 1.94. The quantitative estimate of drug-likeness (QED) is 0.165. The summed E-state index contributed by atoms with van der Waals surface area (Å²) in [4.78, 5) is 5.18. The molecule has 11 aromatic rings. The Morgan fingerprint density at radius 1 is 0.474 bits per heavy atom. The third kappa shape index (κ3) is 6.94. The summed E-state index contributed by atoms with van der Waals surface area (Å²) < 4.78 is 17.6. The molecule has 2 aliphatic heterocycles. The van der Waals surface area contributed by atoms with E-state index in [-0.39, 0.29) is 33.9 Å². The minimum absolute atomic E-state index is 0.0163. The predicted octanol–water partition coefficient (Wildman–Crippen LogP) is 19.3. The standard InChI is InChI=1S/C70H67BN2O2S/c1-66(2,3)41-23-27-44(28-24-41)73-56-39-60-48(49-37-53-54(38-59(49)76-60)70(12,13)32-31-69(53,10)11)35-47(56)50-36-51-45-21-17-18-22-57(45)74-64(51)63-61(50)71(73)65-62(52-34-43(68(7,8)9)26-30-58(52)75-65)72(63)55-29-25-42(67(4,5)6)33-46(55)40-19-15-14-16-20-40/h14-30,33-39H,31-32H2,1-13H3. The topological polar surface area (TPSA) is 32.8 Å². The number of benzene rings is 8. The lowest BCUT2D eigenvalue weighted by molar-refractivity contribution is 0.332. The van der Waals surface area contributed by atoms with Crippen LogP contribution in [0, 0.1) is 0 Å². The first-order valence-corrected chi connectivity index (χ1v) is 28.4. The van der Waals surface area contributed by atoms with Crippen molar-refractivity contribution < 1.29 is 8.83 Å². The summed E-state index contributed by atoms with van der Waals surface area (Å²) in [6.45, 7) is 30.2. The molecular weight excluding hydrogens is 944 g/mol. The van der Waals surface area contributed by atoms with E-state index < -0.39 is 0 Å². The summed E-state index contributed by atoms with van der Waals surface area (Å²) in [6, 6.07) is 55.7. The van der Waals surface area contributed by atoms with Crippen LogP contribution in [0.15, 0.2) is 154 Å². The Bertz CT molecular complexity index is 4240. The lowest BCUT2D eigenvalue weighted by Gasteiger charge is -2.44. The van der Waals surface area contributed by atoms with Gasteiger partial charge in [-0.25, -0.2) is 0 Å². The van der Waals surface area contributed by atoms with Crippen LogP contribution in [-0.4, -0.2) is 6.85 Å². The molecule has 3 aromatic heterocycles. The number of hydrogen-bond acceptors (Lipinski definition) is 5. The summed E-state index contributed by atoms with van der Waals surface area (Å²) in [7, 11) is 0. The second kappa shape index (κ2) is 15.8. The second-order valence-electron chi connectivity index (χ2n) is 26.8. The van der Waals surface area contributed by atoms with Gasteiger partial charge in [-0.1, -0.05) is 163 Å². The van der Waals surface area contributed by atoms with E-state index in [1.807, 2.05) is 11.3 Å². The van der Waals surface area contributed by atoms with Crippen molar-refractivity contribution >= 4 is 111 Å². The number of thiophene rings is 1. The Morgan fingerprint density at radius 3 is 1.78 bits per heavy atom. The zero-order valence-corrected chi connectivity index (χ0v) is 47.3. The fraction of sp³-hybridized carbons (Fsp3) is 0.286. The highest BCUT2D eigenvalue weighted by molar-refractivity contribution is 7.26. The first-order chi connectivity index (χ1) is 36.0. The van der Waals surface area contributed by atoms with Gasteiger partial charge >= 0.3 is 6.85 Å². The number of nitrogens with zero attached hydrogens (tertiary/aromatic N) is 2. The Morgan fingerprint density at radius 2 is 1.07 bits per heavy atom. The molecule has 3 aliphatic rings. The van der Waals surface area contributed by atoms with E-state index in [2.05, 4.69) is 245 Å². The maximum Gasteiger partial charge on any atom is 0.376 e. The van der Waals surface area contributed by atoms with Crippen molar-refractivity contribution in [1.29, 1.82) is 0 Å². The van der Waals surface area contributed by atoms with Gasteiger partial charge < -0.3 is 18.5 Å². The molecule has 4 nitrogen and oxygen atoms in total. The molecule has 0 spiro atoms. The monoisotopic (exact) mass is 1010 g/mol. The zero-order valence-electron chi connectivity index (χ0n) is 46.5. The fourth-order valence-electron chi connectivity index (χ4n) is 13.2. The number of furan rings is 2. The van der Waals surface area contributed by atoms with E-state index in [0.29, 0.717) is 0 Å². The van der Waals surface area contributed by atoms with Gasteiger partial charge in [-0.2, -0.15) is 0 Å². The molecule has 6 heteroatoms. The third-order valence-electron chi connectivity index (χ3n) is 17.8. The van der Waals surface area contributed by atoms with Gasteiger partial charge in [0.05, 0.1) is 17.1 Å². The van der Waals surface area contributed by atoms with Crippen molar-refractivity contribution in [1.82, 2.24) is 0 Å². The molecule has 0 amide bonds. The van der Waals surface area contributed by atoms with Crippen LogP contribution in [-0.2, 0) is 27.1 Å². The van der Waals surface area contributed by atoms with Gasteiger partial charge in [-0.15, -0.1) is 11.3 Å². The van der Waals surface area contributed by atoms with Crippen LogP contribution < -0.4 is 20.8 Å². The Balaban J connectivity index is 1.17. The van der Waals surface area contributed by atoms with Gasteiger partial charge in [-0.3, -0.25) is 0 Å². The molecule has 0 fully saturated rings. The highest BCUT2D eigenvalue weighted by Gasteiger charge is 2.51. The van der Waals surface area contributed by atoms with Gasteiger partial charge in [-0.05, 0) is 157 Å². The first kappa shape index (κ1) is 47.4. The van der Waals surface area contributed by atoms with E-state index >= 15 is 0 Å². The lowest BCUT2D eigenvalue weighted by atomic mass is 9.45. The van der Waals surface area contributed by atoms with Gasteiger partial charge in [0.2, 0.25) is 0 Å². The van der Waals surface area contributed by atoms with Gasteiger partial charge in [0, 0.05) is 58.8 Å². The van der Waals surface area contributed by atoms with Crippen LogP contribution in [0.25, 0.3) is 75.3 Å². The minimum atomic E-state index is -0.359. The number of hydrogen-bond donors (Lipinski definition) is 0. The number of fused-ring (bicyclic) bond motifs is 14. The molecule has 0 bridgehead atoms. The maximum absolute atomic E-state index is 7.62. The molecule has 0 saturated carbocycles. The van der Waals surface area contributed by atoms with Gasteiger partial charge in [0.1, 0.15) is 16.8 Å². The second-order valence-corrected chi connectivity index (χ2v) is 27.9. The summed E-state index contributed by atoms with van der Waals surface area (Å²) in [6.07, 6.45) is 2.36. The number of para-hydroxylation sites is 1. The average molecular weight is 1010 g/mol. The molecule has 0 unspecified atom stereocenters. The first-order valence-electron chi connectivity index (χ1n) is 27.6. The van der Waals surface area contributed by atoms with Crippen LogP contribution in [0.3, 0.4) is 0 Å². The van der Waals surface area contributed by atoms with E-state index in [1.54, 1.807) is 0 Å². The molecule has 14 rings (SSSR count). The Hall–Kier alpha value is -7.02. The smallest absolute Gasteiger partial charge is 0.376 e. The van der Waals surface area contributed by atoms with Crippen LogP contribution in [0.5, 0.6) is 0 Å². The summed E-state index contributed by atoms with van der Waals surface area (Å²) in [5, 5.41) is 5.96. The zero-order chi connectivity index (χ0) is 52.7. The predicted molar refractivity (Wildman–Crippen MR) is 327 cm³/mol. The molecule has 8 aromatic carbocycles. The molecule has 0 atom stereocenters. The van der Waals surface area contributed by atoms with E-state index in [4.69, 9.17) is 8.83 Å². The highest BCUT2D eigenvalue weighted by atomic mass is 32.1. The Kier molecular flexibility index (Phi) is 9.86. The van der Waals surface area contributed by atoms with Crippen LogP contribution >= 0.6 is 11.3 Å². The largest absolute Gasteiger partial charge is 0.466 e. The molecular formula is C70H67BN2O2S. The van der Waals surface area contributed by atoms with Crippen LogP contribution in [0.1, 0.15) is 131 Å². The minimum Gasteiger partial charge on any atom is -0.466 e. The van der Waals surface area contributed by atoms with Gasteiger partial charge in [0.15, 0.2) is 5.58 Å². The molecule has 1 aliphatic carbocycles. The van der Waals surface area contributed by atoms with Crippen molar-refractivity contribution in [2.75, 3.05) is 9.71 Å². The molecule has 0 saturated heterocycles. The molecule has 378 valence electrons. The van der Waals surface area contributed by atoms with Crippen molar-refractivity contribution in [3.63, 3.8) is 0 Å². The van der Waals surface area contributed by atoms with Crippen LogP contribution in [0.2, 0.25) is 0 Å². The number of rotatable bonds is 3. The lowest BCUT2D eigenvalue weighted by Crippen LogP contribution is -2.61. The maximum atomic E-state index is 7.62. The fourth-order valence-corrected chi connectivity index (χ4v) is 14.3.